The van der Waals surface area contributed by atoms with Gasteiger partial charge in [-0.3, -0.25) is 0 Å². The summed E-state index contributed by atoms with van der Waals surface area (Å²) in [5.41, 5.74) is 1.01. The van der Waals surface area contributed by atoms with Gasteiger partial charge in [0.2, 0.25) is 17.5 Å². The molecule has 19 heavy (non-hydrogen) atoms. The van der Waals surface area contributed by atoms with E-state index in [0.29, 0.717) is 29.5 Å². The van der Waals surface area contributed by atoms with Gasteiger partial charge in [0.15, 0.2) is 0 Å². The van der Waals surface area contributed by atoms with Crippen LogP contribution >= 0.6 is 0 Å². The quantitative estimate of drug-likeness (QED) is 0.904. The first-order valence-electron chi connectivity index (χ1n) is 6.58. The van der Waals surface area contributed by atoms with Gasteiger partial charge in [0.05, 0.1) is 5.92 Å². The zero-order chi connectivity index (χ0) is 13.2. The monoisotopic (exact) mass is 259 g/mol. The van der Waals surface area contributed by atoms with Crippen molar-refractivity contribution < 1.29 is 4.52 Å². The van der Waals surface area contributed by atoms with Crippen LogP contribution in [-0.2, 0) is 0 Å². The number of rotatable bonds is 3. The Hall–Kier alpha value is -1.82. The van der Waals surface area contributed by atoms with Crippen molar-refractivity contribution in [3.05, 3.63) is 23.8 Å². The molecular weight excluding hydrogens is 242 g/mol. The van der Waals surface area contributed by atoms with Gasteiger partial charge >= 0.3 is 0 Å². The zero-order valence-corrected chi connectivity index (χ0v) is 11.1. The smallest absolute Gasteiger partial charge is 0.240 e. The van der Waals surface area contributed by atoms with Crippen LogP contribution in [0.15, 0.2) is 16.9 Å². The van der Waals surface area contributed by atoms with Crippen LogP contribution in [-0.4, -0.2) is 33.2 Å². The first-order chi connectivity index (χ1) is 9.28. The molecule has 100 valence electrons. The molecule has 1 fully saturated rings. The molecule has 0 aromatic carbocycles. The summed E-state index contributed by atoms with van der Waals surface area (Å²) < 4.78 is 5.38. The SMILES string of the molecule is CNC1CCCC1c1nc(-c2ncc(C)cn2)no1. The summed E-state index contributed by atoms with van der Waals surface area (Å²) in [4.78, 5) is 12.9. The standard InChI is InChI=1S/C13H17N5O/c1-8-6-15-11(16-7-8)12-17-13(19-18-12)9-4-3-5-10(9)14-2/h6-7,9-10,14H,3-5H2,1-2H3. The van der Waals surface area contributed by atoms with Gasteiger partial charge in [0.25, 0.3) is 0 Å². The molecule has 2 aromatic rings. The fraction of sp³-hybridized carbons (Fsp3) is 0.538. The highest BCUT2D eigenvalue weighted by molar-refractivity contribution is 5.41. The van der Waals surface area contributed by atoms with E-state index in [-0.39, 0.29) is 0 Å². The molecule has 1 aliphatic rings. The summed E-state index contributed by atoms with van der Waals surface area (Å²) in [6.45, 7) is 1.95. The molecule has 3 rings (SSSR count). The number of aromatic nitrogens is 4. The van der Waals surface area contributed by atoms with E-state index >= 15 is 0 Å². The third kappa shape index (κ3) is 2.35. The Morgan fingerprint density at radius 3 is 2.74 bits per heavy atom. The van der Waals surface area contributed by atoms with Crippen molar-refractivity contribution in [2.24, 2.45) is 0 Å². The molecule has 1 aliphatic carbocycles. The molecule has 0 saturated heterocycles. The topological polar surface area (TPSA) is 76.7 Å². The molecule has 0 radical (unpaired) electrons. The maximum atomic E-state index is 5.38. The Morgan fingerprint density at radius 2 is 2.00 bits per heavy atom. The van der Waals surface area contributed by atoms with Gasteiger partial charge in [-0.05, 0) is 32.4 Å². The average molecular weight is 259 g/mol. The van der Waals surface area contributed by atoms with E-state index in [9.17, 15) is 0 Å². The maximum Gasteiger partial charge on any atom is 0.240 e. The maximum absolute atomic E-state index is 5.38. The van der Waals surface area contributed by atoms with Crippen molar-refractivity contribution in [1.82, 2.24) is 25.4 Å². The van der Waals surface area contributed by atoms with Crippen molar-refractivity contribution in [3.63, 3.8) is 0 Å². The van der Waals surface area contributed by atoms with Gasteiger partial charge < -0.3 is 9.84 Å². The molecule has 2 heterocycles. The van der Waals surface area contributed by atoms with Crippen molar-refractivity contribution in [2.75, 3.05) is 7.05 Å². The lowest BCUT2D eigenvalue weighted by atomic mass is 10.0. The normalized spacial score (nSPS) is 22.8. The summed E-state index contributed by atoms with van der Waals surface area (Å²) >= 11 is 0. The van der Waals surface area contributed by atoms with E-state index < -0.39 is 0 Å². The summed E-state index contributed by atoms with van der Waals surface area (Å²) in [5, 5.41) is 7.30. The highest BCUT2D eigenvalue weighted by Crippen LogP contribution is 2.33. The van der Waals surface area contributed by atoms with Gasteiger partial charge in [-0.15, -0.1) is 0 Å². The van der Waals surface area contributed by atoms with Gasteiger partial charge in [-0.25, -0.2) is 9.97 Å². The van der Waals surface area contributed by atoms with E-state index in [4.69, 9.17) is 4.52 Å². The molecule has 2 unspecified atom stereocenters. The molecule has 0 spiro atoms. The van der Waals surface area contributed by atoms with Crippen molar-refractivity contribution in [3.8, 4) is 11.6 Å². The number of hydrogen-bond acceptors (Lipinski definition) is 6. The van der Waals surface area contributed by atoms with Crippen LogP contribution in [0.25, 0.3) is 11.6 Å². The van der Waals surface area contributed by atoms with Crippen LogP contribution in [0, 0.1) is 6.92 Å². The third-order valence-electron chi connectivity index (χ3n) is 3.63. The zero-order valence-electron chi connectivity index (χ0n) is 11.1. The average Bonchev–Trinajstić information content (AvgIpc) is 3.07. The lowest BCUT2D eigenvalue weighted by Gasteiger charge is -2.14. The van der Waals surface area contributed by atoms with E-state index in [1.165, 1.54) is 6.42 Å². The van der Waals surface area contributed by atoms with Gasteiger partial charge in [-0.1, -0.05) is 11.6 Å². The molecule has 2 atom stereocenters. The van der Waals surface area contributed by atoms with Crippen molar-refractivity contribution >= 4 is 0 Å². The predicted octanol–water partition coefficient (Wildman–Crippen LogP) is 1.69. The molecule has 6 nitrogen and oxygen atoms in total. The number of likely N-dealkylation sites (N-methyl/N-ethyl adjacent to an activating group) is 1. The minimum absolute atomic E-state index is 0.302. The van der Waals surface area contributed by atoms with E-state index in [1.54, 1.807) is 12.4 Å². The predicted molar refractivity (Wildman–Crippen MR) is 69.5 cm³/mol. The summed E-state index contributed by atoms with van der Waals surface area (Å²) in [6, 6.07) is 0.423. The Labute approximate surface area is 111 Å². The second-order valence-corrected chi connectivity index (χ2v) is 4.97. The van der Waals surface area contributed by atoms with E-state index in [1.807, 2.05) is 14.0 Å². The third-order valence-corrected chi connectivity index (χ3v) is 3.63. The van der Waals surface area contributed by atoms with Gasteiger partial charge in [-0.2, -0.15) is 4.98 Å². The summed E-state index contributed by atoms with van der Waals surface area (Å²) in [7, 11) is 1.98. The number of nitrogens with one attached hydrogen (secondary N) is 1. The lowest BCUT2D eigenvalue weighted by Crippen LogP contribution is -2.27. The Kier molecular flexibility index (Phi) is 3.25. The first-order valence-corrected chi connectivity index (χ1v) is 6.58. The molecule has 0 bridgehead atoms. The summed E-state index contributed by atoms with van der Waals surface area (Å²) in [5.74, 6) is 1.98. The van der Waals surface area contributed by atoms with Crippen LogP contribution in [0.4, 0.5) is 0 Å². The molecule has 0 aliphatic heterocycles. The largest absolute Gasteiger partial charge is 0.338 e. The van der Waals surface area contributed by atoms with Crippen LogP contribution in [0.2, 0.25) is 0 Å². The fourth-order valence-corrected chi connectivity index (χ4v) is 2.59. The van der Waals surface area contributed by atoms with Gasteiger partial charge in [0.1, 0.15) is 0 Å². The number of nitrogens with zero attached hydrogens (tertiary/aromatic N) is 4. The van der Waals surface area contributed by atoms with Crippen LogP contribution in [0.5, 0.6) is 0 Å². The molecule has 0 amide bonds. The highest BCUT2D eigenvalue weighted by Gasteiger charge is 2.32. The van der Waals surface area contributed by atoms with E-state index in [0.717, 1.165) is 18.4 Å². The molecule has 6 heteroatoms. The minimum Gasteiger partial charge on any atom is -0.338 e. The molecule has 1 saturated carbocycles. The Bertz CT molecular complexity index is 550. The van der Waals surface area contributed by atoms with Crippen LogP contribution < -0.4 is 5.32 Å². The molecule has 2 aromatic heterocycles. The second kappa shape index (κ2) is 5.05. The fourth-order valence-electron chi connectivity index (χ4n) is 2.59. The first kappa shape index (κ1) is 12.2. The Balaban J connectivity index is 1.85. The van der Waals surface area contributed by atoms with Crippen LogP contribution in [0.1, 0.15) is 36.6 Å². The number of hydrogen-bond donors (Lipinski definition) is 1. The van der Waals surface area contributed by atoms with E-state index in [2.05, 4.69) is 25.4 Å². The highest BCUT2D eigenvalue weighted by atomic mass is 16.5. The second-order valence-electron chi connectivity index (χ2n) is 4.97. The number of aryl methyl sites for hydroxylation is 1. The van der Waals surface area contributed by atoms with Crippen molar-refractivity contribution in [2.45, 2.75) is 38.1 Å². The van der Waals surface area contributed by atoms with Crippen LogP contribution in [0.3, 0.4) is 0 Å². The molecular formula is C13H17N5O. The lowest BCUT2D eigenvalue weighted by molar-refractivity contribution is 0.335. The van der Waals surface area contributed by atoms with Crippen molar-refractivity contribution in [1.29, 1.82) is 0 Å². The Morgan fingerprint density at radius 1 is 1.21 bits per heavy atom. The van der Waals surface area contributed by atoms with Gasteiger partial charge in [0, 0.05) is 18.4 Å². The minimum atomic E-state index is 0.302. The molecule has 1 N–H and O–H groups in total. The summed E-state index contributed by atoms with van der Waals surface area (Å²) in [6.07, 6.45) is 6.94.